The van der Waals surface area contributed by atoms with Gasteiger partial charge in [-0.2, -0.15) is 0 Å². The van der Waals surface area contributed by atoms with Crippen LogP contribution in [0.15, 0.2) is 0 Å². The number of ether oxygens (including phenoxy) is 1. The van der Waals surface area contributed by atoms with Crippen molar-refractivity contribution >= 4 is 6.03 Å². The predicted octanol–water partition coefficient (Wildman–Crippen LogP) is 1.71. The van der Waals surface area contributed by atoms with E-state index in [1.807, 2.05) is 4.90 Å². The standard InChI is InChI=1S/C14H29N3O2/c1-4-8-17(14(5-2,6-3)11-15)13(18)16-12-7-9-19-10-12/h12H,4-11,15H2,1-3H3,(H,16,18). The maximum absolute atomic E-state index is 12.5. The second kappa shape index (κ2) is 7.70. The van der Waals surface area contributed by atoms with Crippen molar-refractivity contribution in [2.24, 2.45) is 5.73 Å². The zero-order valence-electron chi connectivity index (χ0n) is 12.6. The average Bonchev–Trinajstić information content (AvgIpc) is 2.93. The number of carbonyl (C=O) groups excluding carboxylic acids is 1. The number of urea groups is 1. The van der Waals surface area contributed by atoms with Crippen LogP contribution in [0.25, 0.3) is 0 Å². The van der Waals surface area contributed by atoms with Gasteiger partial charge in [-0.1, -0.05) is 20.8 Å². The molecule has 0 radical (unpaired) electrons. The Morgan fingerprint density at radius 3 is 2.53 bits per heavy atom. The van der Waals surface area contributed by atoms with Crippen molar-refractivity contribution in [3.63, 3.8) is 0 Å². The Labute approximate surface area is 116 Å². The summed E-state index contributed by atoms with van der Waals surface area (Å²) in [5.74, 6) is 0. The molecule has 1 aliphatic heterocycles. The Bertz CT molecular complexity index is 266. The summed E-state index contributed by atoms with van der Waals surface area (Å²) in [6.45, 7) is 8.91. The molecule has 19 heavy (non-hydrogen) atoms. The first-order chi connectivity index (χ1) is 9.13. The summed E-state index contributed by atoms with van der Waals surface area (Å²) in [4.78, 5) is 14.5. The van der Waals surface area contributed by atoms with Gasteiger partial charge in [0.2, 0.25) is 0 Å². The summed E-state index contributed by atoms with van der Waals surface area (Å²) < 4.78 is 5.30. The minimum atomic E-state index is -0.223. The summed E-state index contributed by atoms with van der Waals surface area (Å²) in [5, 5.41) is 3.08. The molecule has 1 unspecified atom stereocenters. The van der Waals surface area contributed by atoms with E-state index in [4.69, 9.17) is 10.5 Å². The summed E-state index contributed by atoms with van der Waals surface area (Å²) in [5.41, 5.74) is 5.74. The maximum Gasteiger partial charge on any atom is 0.318 e. The molecule has 0 aliphatic carbocycles. The summed E-state index contributed by atoms with van der Waals surface area (Å²) in [6, 6.07) is 0.155. The topological polar surface area (TPSA) is 67.6 Å². The van der Waals surface area contributed by atoms with Crippen molar-refractivity contribution < 1.29 is 9.53 Å². The van der Waals surface area contributed by atoms with Crippen molar-refractivity contribution in [2.45, 2.75) is 58.0 Å². The Hall–Kier alpha value is -0.810. The van der Waals surface area contributed by atoms with E-state index in [0.717, 1.165) is 38.8 Å². The molecule has 0 aromatic rings. The van der Waals surface area contributed by atoms with Crippen molar-refractivity contribution in [2.75, 3.05) is 26.3 Å². The van der Waals surface area contributed by atoms with Gasteiger partial charge in [-0.3, -0.25) is 0 Å². The zero-order chi connectivity index (χ0) is 14.3. The maximum atomic E-state index is 12.5. The molecule has 0 saturated carbocycles. The number of nitrogens with one attached hydrogen (secondary N) is 1. The Morgan fingerprint density at radius 1 is 1.42 bits per heavy atom. The lowest BCUT2D eigenvalue weighted by atomic mass is 9.90. The highest BCUT2D eigenvalue weighted by Crippen LogP contribution is 2.23. The van der Waals surface area contributed by atoms with Crippen LogP contribution in [0.4, 0.5) is 4.79 Å². The van der Waals surface area contributed by atoms with E-state index in [1.165, 1.54) is 0 Å². The van der Waals surface area contributed by atoms with E-state index in [0.29, 0.717) is 13.2 Å². The Morgan fingerprint density at radius 2 is 2.11 bits per heavy atom. The van der Waals surface area contributed by atoms with Crippen LogP contribution in [-0.2, 0) is 4.74 Å². The van der Waals surface area contributed by atoms with Gasteiger partial charge in [-0.15, -0.1) is 0 Å². The van der Waals surface area contributed by atoms with E-state index < -0.39 is 0 Å². The fourth-order valence-electron chi connectivity index (χ4n) is 2.71. The van der Waals surface area contributed by atoms with Crippen molar-refractivity contribution in [1.82, 2.24) is 10.2 Å². The summed E-state index contributed by atoms with van der Waals surface area (Å²) in [6.07, 6.45) is 3.61. The van der Waals surface area contributed by atoms with Crippen LogP contribution in [0, 0.1) is 0 Å². The largest absolute Gasteiger partial charge is 0.379 e. The smallest absolute Gasteiger partial charge is 0.318 e. The van der Waals surface area contributed by atoms with Gasteiger partial charge in [-0.05, 0) is 25.7 Å². The number of nitrogens with two attached hydrogens (primary N) is 1. The molecule has 5 nitrogen and oxygen atoms in total. The van der Waals surface area contributed by atoms with Gasteiger partial charge >= 0.3 is 6.03 Å². The second-order valence-corrected chi connectivity index (χ2v) is 5.30. The van der Waals surface area contributed by atoms with Crippen LogP contribution in [-0.4, -0.2) is 48.8 Å². The third kappa shape index (κ3) is 3.83. The highest BCUT2D eigenvalue weighted by atomic mass is 16.5. The number of rotatable bonds is 7. The second-order valence-electron chi connectivity index (χ2n) is 5.30. The number of carbonyl (C=O) groups is 1. The SMILES string of the molecule is CCCN(C(=O)NC1CCOC1)C(CC)(CC)CN. The lowest BCUT2D eigenvalue weighted by Gasteiger charge is -2.42. The average molecular weight is 271 g/mol. The number of amides is 2. The van der Waals surface area contributed by atoms with Crippen molar-refractivity contribution in [3.05, 3.63) is 0 Å². The molecule has 0 bridgehead atoms. The molecule has 0 aromatic carbocycles. The van der Waals surface area contributed by atoms with E-state index >= 15 is 0 Å². The quantitative estimate of drug-likeness (QED) is 0.741. The van der Waals surface area contributed by atoms with Crippen LogP contribution in [0.1, 0.15) is 46.5 Å². The molecule has 1 rings (SSSR count). The van der Waals surface area contributed by atoms with Gasteiger partial charge in [-0.25, -0.2) is 4.79 Å². The van der Waals surface area contributed by atoms with Gasteiger partial charge in [0.25, 0.3) is 0 Å². The molecular weight excluding hydrogens is 242 g/mol. The minimum absolute atomic E-state index is 0.00602. The highest BCUT2D eigenvalue weighted by Gasteiger charge is 2.36. The van der Waals surface area contributed by atoms with Crippen LogP contribution in [0.2, 0.25) is 0 Å². The van der Waals surface area contributed by atoms with E-state index in [9.17, 15) is 4.79 Å². The van der Waals surface area contributed by atoms with E-state index in [1.54, 1.807) is 0 Å². The molecule has 1 heterocycles. The van der Waals surface area contributed by atoms with Gasteiger partial charge in [0, 0.05) is 19.7 Å². The molecule has 2 amide bonds. The molecule has 1 saturated heterocycles. The predicted molar refractivity (Wildman–Crippen MR) is 77.1 cm³/mol. The summed E-state index contributed by atoms with van der Waals surface area (Å²) in [7, 11) is 0. The fourth-order valence-corrected chi connectivity index (χ4v) is 2.71. The molecule has 0 spiro atoms. The van der Waals surface area contributed by atoms with Gasteiger partial charge in [0.15, 0.2) is 0 Å². The highest BCUT2D eigenvalue weighted by molar-refractivity contribution is 5.75. The van der Waals surface area contributed by atoms with Crippen molar-refractivity contribution in [1.29, 1.82) is 0 Å². The molecule has 1 fully saturated rings. The molecule has 112 valence electrons. The van der Waals surface area contributed by atoms with Crippen LogP contribution >= 0.6 is 0 Å². The molecule has 5 heteroatoms. The normalized spacial score (nSPS) is 19.5. The lowest BCUT2D eigenvalue weighted by molar-refractivity contribution is 0.105. The third-order valence-electron chi connectivity index (χ3n) is 4.22. The number of hydrogen-bond acceptors (Lipinski definition) is 3. The van der Waals surface area contributed by atoms with E-state index in [2.05, 4.69) is 26.1 Å². The van der Waals surface area contributed by atoms with Crippen molar-refractivity contribution in [3.8, 4) is 0 Å². The first-order valence-electron chi connectivity index (χ1n) is 7.49. The number of hydrogen-bond donors (Lipinski definition) is 2. The molecule has 1 atom stereocenters. The van der Waals surface area contributed by atoms with Gasteiger partial charge < -0.3 is 20.7 Å². The molecule has 3 N–H and O–H groups in total. The Balaban J connectivity index is 2.75. The third-order valence-corrected chi connectivity index (χ3v) is 4.22. The summed E-state index contributed by atoms with van der Waals surface area (Å²) >= 11 is 0. The molecule has 0 aromatic heterocycles. The monoisotopic (exact) mass is 271 g/mol. The molecule has 1 aliphatic rings. The minimum Gasteiger partial charge on any atom is -0.379 e. The van der Waals surface area contributed by atoms with Crippen LogP contribution < -0.4 is 11.1 Å². The first-order valence-corrected chi connectivity index (χ1v) is 7.49. The van der Waals surface area contributed by atoms with Crippen LogP contribution in [0.3, 0.4) is 0 Å². The van der Waals surface area contributed by atoms with E-state index in [-0.39, 0.29) is 17.6 Å². The zero-order valence-corrected chi connectivity index (χ0v) is 12.6. The fraction of sp³-hybridized carbons (Fsp3) is 0.929. The first kappa shape index (κ1) is 16.2. The lowest BCUT2D eigenvalue weighted by Crippen LogP contribution is -2.59. The van der Waals surface area contributed by atoms with Gasteiger partial charge in [0.05, 0.1) is 18.2 Å². The van der Waals surface area contributed by atoms with Crippen LogP contribution in [0.5, 0.6) is 0 Å². The molecular formula is C14H29N3O2. The number of nitrogens with zero attached hydrogens (tertiary/aromatic N) is 1. The Kier molecular flexibility index (Phi) is 6.58. The van der Waals surface area contributed by atoms with Gasteiger partial charge in [0.1, 0.15) is 0 Å².